The summed E-state index contributed by atoms with van der Waals surface area (Å²) in [5.41, 5.74) is 8.15. The van der Waals surface area contributed by atoms with E-state index in [4.69, 9.17) is 5.73 Å². The molecule has 0 saturated carbocycles. The second-order valence-electron chi connectivity index (χ2n) is 5.18. The predicted octanol–water partition coefficient (Wildman–Crippen LogP) is 1.81. The van der Waals surface area contributed by atoms with Crippen molar-refractivity contribution in [3.05, 3.63) is 11.4 Å². The van der Waals surface area contributed by atoms with Gasteiger partial charge in [0.25, 0.3) is 0 Å². The molecule has 3 N–H and O–H groups in total. The number of carbonyl (C=O) groups excluding carboxylic acids is 1. The van der Waals surface area contributed by atoms with Crippen molar-refractivity contribution < 1.29 is 4.79 Å². The van der Waals surface area contributed by atoms with E-state index in [1.807, 2.05) is 20.8 Å². The van der Waals surface area contributed by atoms with Gasteiger partial charge in [0.2, 0.25) is 5.91 Å². The zero-order valence-electron chi connectivity index (χ0n) is 11.9. The minimum Gasteiger partial charge on any atom is -0.396 e. The van der Waals surface area contributed by atoms with Crippen LogP contribution in [0.15, 0.2) is 0 Å². The van der Waals surface area contributed by atoms with Crippen LogP contribution in [-0.2, 0) is 4.79 Å². The van der Waals surface area contributed by atoms with Gasteiger partial charge >= 0.3 is 0 Å². The zero-order valence-corrected chi connectivity index (χ0v) is 11.9. The standard InChI is InChI=1S/C13H24N4O/c1-8(2)6-7-15-13(18)11(5)17-10(4)12(14)9(3)16-17/h8,11H,6-7,14H2,1-5H3,(H,15,18). The lowest BCUT2D eigenvalue weighted by Gasteiger charge is -2.15. The van der Waals surface area contributed by atoms with Crippen molar-refractivity contribution >= 4 is 11.6 Å². The van der Waals surface area contributed by atoms with Crippen molar-refractivity contribution in [3.63, 3.8) is 0 Å². The Labute approximate surface area is 109 Å². The molecule has 0 aliphatic carbocycles. The number of nitrogens with zero attached hydrogens (tertiary/aromatic N) is 2. The Morgan fingerprint density at radius 1 is 1.39 bits per heavy atom. The fourth-order valence-electron chi connectivity index (χ4n) is 1.80. The van der Waals surface area contributed by atoms with E-state index in [2.05, 4.69) is 24.3 Å². The first-order valence-corrected chi connectivity index (χ1v) is 6.43. The Morgan fingerprint density at radius 3 is 2.44 bits per heavy atom. The van der Waals surface area contributed by atoms with Crippen LogP contribution in [0.4, 0.5) is 5.69 Å². The molecular weight excluding hydrogens is 228 g/mol. The summed E-state index contributed by atoms with van der Waals surface area (Å²) < 4.78 is 1.69. The Kier molecular flexibility index (Phi) is 4.76. The molecule has 1 heterocycles. The van der Waals surface area contributed by atoms with Gasteiger partial charge in [0.1, 0.15) is 6.04 Å². The first kappa shape index (κ1) is 14.5. The Bertz CT molecular complexity index is 423. The highest BCUT2D eigenvalue weighted by Gasteiger charge is 2.19. The lowest BCUT2D eigenvalue weighted by molar-refractivity contribution is -0.124. The number of nitrogen functional groups attached to an aromatic ring is 1. The van der Waals surface area contributed by atoms with E-state index in [1.54, 1.807) is 4.68 Å². The van der Waals surface area contributed by atoms with E-state index in [0.29, 0.717) is 18.2 Å². The zero-order chi connectivity index (χ0) is 13.9. The summed E-state index contributed by atoms with van der Waals surface area (Å²) in [6.07, 6.45) is 0.984. The van der Waals surface area contributed by atoms with Crippen LogP contribution in [0.25, 0.3) is 0 Å². The normalized spacial score (nSPS) is 12.8. The van der Waals surface area contributed by atoms with Gasteiger partial charge in [-0.05, 0) is 33.1 Å². The quantitative estimate of drug-likeness (QED) is 0.839. The third-order valence-corrected chi connectivity index (χ3v) is 3.15. The van der Waals surface area contributed by atoms with Gasteiger partial charge < -0.3 is 11.1 Å². The van der Waals surface area contributed by atoms with Crippen molar-refractivity contribution in [2.45, 2.75) is 47.1 Å². The van der Waals surface area contributed by atoms with Crippen LogP contribution in [0, 0.1) is 19.8 Å². The Balaban J connectivity index is 2.66. The molecule has 1 rings (SSSR count). The van der Waals surface area contributed by atoms with Crippen LogP contribution < -0.4 is 11.1 Å². The third-order valence-electron chi connectivity index (χ3n) is 3.15. The molecule has 0 fully saturated rings. The number of hydrogen-bond donors (Lipinski definition) is 2. The van der Waals surface area contributed by atoms with Gasteiger partial charge in [-0.2, -0.15) is 5.10 Å². The van der Waals surface area contributed by atoms with E-state index < -0.39 is 0 Å². The first-order chi connectivity index (χ1) is 8.34. The van der Waals surface area contributed by atoms with Crippen molar-refractivity contribution in [2.75, 3.05) is 12.3 Å². The monoisotopic (exact) mass is 252 g/mol. The minimum atomic E-state index is -0.326. The highest BCUT2D eigenvalue weighted by atomic mass is 16.2. The number of carbonyl (C=O) groups is 1. The first-order valence-electron chi connectivity index (χ1n) is 6.43. The molecule has 0 spiro atoms. The number of amides is 1. The minimum absolute atomic E-state index is 0.0127. The molecule has 0 aromatic carbocycles. The van der Waals surface area contributed by atoms with Gasteiger partial charge in [-0.1, -0.05) is 13.8 Å². The molecule has 0 radical (unpaired) electrons. The van der Waals surface area contributed by atoms with Crippen LogP contribution in [0.3, 0.4) is 0 Å². The average Bonchev–Trinajstić information content (AvgIpc) is 2.55. The summed E-state index contributed by atoms with van der Waals surface area (Å²) in [7, 11) is 0. The molecule has 1 atom stereocenters. The number of nitrogens with one attached hydrogen (secondary N) is 1. The van der Waals surface area contributed by atoms with Crippen LogP contribution in [-0.4, -0.2) is 22.2 Å². The van der Waals surface area contributed by atoms with Gasteiger partial charge in [0.15, 0.2) is 0 Å². The van der Waals surface area contributed by atoms with Crippen LogP contribution in [0.5, 0.6) is 0 Å². The van der Waals surface area contributed by atoms with E-state index in [9.17, 15) is 4.79 Å². The number of rotatable bonds is 5. The maximum atomic E-state index is 12.0. The number of anilines is 1. The van der Waals surface area contributed by atoms with Gasteiger partial charge in [-0.25, -0.2) is 0 Å². The van der Waals surface area contributed by atoms with E-state index >= 15 is 0 Å². The second-order valence-corrected chi connectivity index (χ2v) is 5.18. The average molecular weight is 252 g/mol. The lowest BCUT2D eigenvalue weighted by Crippen LogP contribution is -2.33. The fourth-order valence-corrected chi connectivity index (χ4v) is 1.80. The maximum absolute atomic E-state index is 12.0. The molecule has 0 aliphatic heterocycles. The molecule has 5 nitrogen and oxygen atoms in total. The van der Waals surface area contributed by atoms with Crippen LogP contribution >= 0.6 is 0 Å². The molecule has 5 heteroatoms. The van der Waals surface area contributed by atoms with Crippen LogP contribution in [0.2, 0.25) is 0 Å². The van der Waals surface area contributed by atoms with Crippen molar-refractivity contribution in [2.24, 2.45) is 5.92 Å². The predicted molar refractivity (Wildman–Crippen MR) is 73.3 cm³/mol. The summed E-state index contributed by atoms with van der Waals surface area (Å²) in [6, 6.07) is -0.326. The lowest BCUT2D eigenvalue weighted by atomic mass is 10.1. The van der Waals surface area contributed by atoms with E-state index in [1.165, 1.54) is 0 Å². The van der Waals surface area contributed by atoms with E-state index in [-0.39, 0.29) is 11.9 Å². The van der Waals surface area contributed by atoms with Crippen molar-refractivity contribution in [1.82, 2.24) is 15.1 Å². The number of aryl methyl sites for hydroxylation is 1. The molecular formula is C13H24N4O. The molecule has 1 unspecified atom stereocenters. The second kappa shape index (κ2) is 5.89. The highest BCUT2D eigenvalue weighted by Crippen LogP contribution is 2.19. The van der Waals surface area contributed by atoms with Crippen LogP contribution in [0.1, 0.15) is 44.6 Å². The summed E-state index contributed by atoms with van der Waals surface area (Å²) in [5.74, 6) is 0.575. The molecule has 18 heavy (non-hydrogen) atoms. The van der Waals surface area contributed by atoms with Gasteiger partial charge in [0.05, 0.1) is 17.1 Å². The number of nitrogens with two attached hydrogens (primary N) is 1. The molecule has 1 amide bonds. The summed E-state index contributed by atoms with van der Waals surface area (Å²) in [4.78, 5) is 12.0. The van der Waals surface area contributed by atoms with Crippen molar-refractivity contribution in [1.29, 1.82) is 0 Å². The van der Waals surface area contributed by atoms with Gasteiger partial charge in [-0.3, -0.25) is 9.48 Å². The van der Waals surface area contributed by atoms with Gasteiger partial charge in [0, 0.05) is 6.54 Å². The SMILES string of the molecule is Cc1nn(C(C)C(=O)NCCC(C)C)c(C)c1N. The topological polar surface area (TPSA) is 72.9 Å². The molecule has 0 saturated heterocycles. The largest absolute Gasteiger partial charge is 0.396 e. The molecule has 0 bridgehead atoms. The smallest absolute Gasteiger partial charge is 0.244 e. The molecule has 1 aromatic rings. The molecule has 102 valence electrons. The Morgan fingerprint density at radius 2 is 2.00 bits per heavy atom. The fraction of sp³-hybridized carbons (Fsp3) is 0.692. The maximum Gasteiger partial charge on any atom is 0.244 e. The van der Waals surface area contributed by atoms with Crippen molar-refractivity contribution in [3.8, 4) is 0 Å². The Hall–Kier alpha value is -1.52. The number of hydrogen-bond acceptors (Lipinski definition) is 3. The molecule has 1 aromatic heterocycles. The summed E-state index contributed by atoms with van der Waals surface area (Å²) in [5, 5.41) is 7.23. The summed E-state index contributed by atoms with van der Waals surface area (Å²) in [6.45, 7) is 10.5. The molecule has 0 aliphatic rings. The van der Waals surface area contributed by atoms with E-state index in [0.717, 1.165) is 17.8 Å². The van der Waals surface area contributed by atoms with Gasteiger partial charge in [-0.15, -0.1) is 0 Å². The summed E-state index contributed by atoms with van der Waals surface area (Å²) >= 11 is 0. The third kappa shape index (κ3) is 3.24. The number of aromatic nitrogens is 2. The highest BCUT2D eigenvalue weighted by molar-refractivity contribution is 5.80.